The number of nitrogens with zero attached hydrogens (tertiary/aromatic N) is 1. The average molecular weight is 518 g/mol. The molecule has 180 valence electrons. The highest BCUT2D eigenvalue weighted by atomic mass is 35.5. The summed E-state index contributed by atoms with van der Waals surface area (Å²) in [5, 5.41) is 4.04. The number of halogens is 3. The second-order valence-corrected chi connectivity index (χ2v) is 9.88. The van der Waals surface area contributed by atoms with Gasteiger partial charge < -0.3 is 5.32 Å². The Kier molecular flexibility index (Phi) is 9.44. The molecule has 1 aliphatic carbocycles. The van der Waals surface area contributed by atoms with Gasteiger partial charge >= 0.3 is 0 Å². The van der Waals surface area contributed by atoms with Crippen molar-refractivity contribution in [1.29, 1.82) is 0 Å². The van der Waals surface area contributed by atoms with Crippen LogP contribution in [0, 0.1) is 0 Å². The maximum atomic E-state index is 12.9. The van der Waals surface area contributed by atoms with E-state index < -0.39 is 0 Å². The lowest BCUT2D eigenvalue weighted by Gasteiger charge is -2.47. The molecule has 3 aromatic carbocycles. The fourth-order valence-electron chi connectivity index (χ4n) is 4.92. The van der Waals surface area contributed by atoms with Crippen LogP contribution in [-0.4, -0.2) is 29.9 Å². The van der Waals surface area contributed by atoms with Gasteiger partial charge in [-0.3, -0.25) is 9.69 Å². The topological polar surface area (TPSA) is 32.3 Å². The third-order valence-electron chi connectivity index (χ3n) is 7.02. The van der Waals surface area contributed by atoms with Crippen molar-refractivity contribution in [3.8, 4) is 0 Å². The van der Waals surface area contributed by atoms with E-state index >= 15 is 0 Å². The van der Waals surface area contributed by atoms with Gasteiger partial charge in [-0.15, -0.1) is 12.4 Å². The van der Waals surface area contributed by atoms with Crippen molar-refractivity contribution in [3.63, 3.8) is 0 Å². The molecule has 0 unspecified atom stereocenters. The summed E-state index contributed by atoms with van der Waals surface area (Å²) in [5.41, 5.74) is 3.12. The molecule has 4 rings (SSSR count). The van der Waals surface area contributed by atoms with Crippen LogP contribution in [0.2, 0.25) is 10.0 Å². The largest absolute Gasteiger partial charge is 0.350 e. The summed E-state index contributed by atoms with van der Waals surface area (Å²) in [6, 6.07) is 26.3. The Bertz CT molecular complexity index is 1070. The normalized spacial score (nSPS) is 19.9. The predicted octanol–water partition coefficient (Wildman–Crippen LogP) is 7.37. The summed E-state index contributed by atoms with van der Waals surface area (Å²) in [6.07, 6.45) is 4.26. The first kappa shape index (κ1) is 26.6. The van der Waals surface area contributed by atoms with Crippen molar-refractivity contribution in [2.75, 3.05) is 13.6 Å². The smallest absolute Gasteiger partial charge is 0.251 e. The Morgan fingerprint density at radius 3 is 2.18 bits per heavy atom. The van der Waals surface area contributed by atoms with Gasteiger partial charge in [0.2, 0.25) is 0 Å². The van der Waals surface area contributed by atoms with E-state index in [-0.39, 0.29) is 23.9 Å². The molecule has 0 aliphatic heterocycles. The number of amides is 1. The molecule has 0 aromatic heterocycles. The maximum Gasteiger partial charge on any atom is 0.251 e. The Morgan fingerprint density at radius 2 is 1.56 bits per heavy atom. The highest BCUT2D eigenvalue weighted by Crippen LogP contribution is 2.41. The zero-order valence-electron chi connectivity index (χ0n) is 19.3. The summed E-state index contributed by atoms with van der Waals surface area (Å²) >= 11 is 12.1. The number of likely N-dealkylation sites (N-methyl/N-ethyl adjacent to an activating group) is 1. The van der Waals surface area contributed by atoms with E-state index in [1.807, 2.05) is 6.07 Å². The van der Waals surface area contributed by atoms with Gasteiger partial charge in [0, 0.05) is 24.2 Å². The van der Waals surface area contributed by atoms with Gasteiger partial charge in [0.05, 0.1) is 10.0 Å². The second kappa shape index (κ2) is 12.1. The van der Waals surface area contributed by atoms with Crippen LogP contribution in [-0.2, 0) is 6.54 Å². The van der Waals surface area contributed by atoms with Gasteiger partial charge in [0.15, 0.2) is 0 Å². The molecular weight excluding hydrogens is 487 g/mol. The fraction of sp³-hybridized carbons (Fsp3) is 0.321. The molecule has 0 saturated heterocycles. The van der Waals surface area contributed by atoms with Crippen molar-refractivity contribution in [3.05, 3.63) is 106 Å². The number of benzene rings is 3. The highest BCUT2D eigenvalue weighted by Gasteiger charge is 2.39. The zero-order chi connectivity index (χ0) is 23.3. The van der Waals surface area contributed by atoms with E-state index in [0.29, 0.717) is 28.1 Å². The van der Waals surface area contributed by atoms with E-state index in [9.17, 15) is 4.79 Å². The van der Waals surface area contributed by atoms with Crippen LogP contribution in [0.1, 0.15) is 53.1 Å². The molecule has 0 atom stereocenters. The van der Waals surface area contributed by atoms with Crippen LogP contribution in [0.15, 0.2) is 78.9 Å². The van der Waals surface area contributed by atoms with Crippen LogP contribution >= 0.6 is 35.6 Å². The first-order chi connectivity index (χ1) is 16.0. The number of hydrogen-bond acceptors (Lipinski definition) is 2. The molecule has 1 saturated carbocycles. The molecular formula is C28H31Cl3N2O. The van der Waals surface area contributed by atoms with Crippen LogP contribution in [0.3, 0.4) is 0 Å². The lowest BCUT2D eigenvalue weighted by atomic mass is 9.73. The van der Waals surface area contributed by atoms with Gasteiger partial charge in [-0.25, -0.2) is 0 Å². The van der Waals surface area contributed by atoms with Gasteiger partial charge in [-0.2, -0.15) is 0 Å². The number of rotatable bonds is 7. The van der Waals surface area contributed by atoms with Crippen LogP contribution in [0.4, 0.5) is 0 Å². The molecule has 1 N–H and O–H groups in total. The molecule has 0 heterocycles. The van der Waals surface area contributed by atoms with Crippen molar-refractivity contribution in [2.45, 2.75) is 43.7 Å². The van der Waals surface area contributed by atoms with Crippen molar-refractivity contribution in [2.24, 2.45) is 0 Å². The molecule has 3 nitrogen and oxygen atoms in total. The minimum absolute atomic E-state index is 0. The second-order valence-electron chi connectivity index (χ2n) is 9.06. The van der Waals surface area contributed by atoms with E-state index in [1.165, 1.54) is 11.1 Å². The Labute approximate surface area is 218 Å². The van der Waals surface area contributed by atoms with Crippen LogP contribution in [0.5, 0.6) is 0 Å². The highest BCUT2D eigenvalue weighted by molar-refractivity contribution is 6.42. The third kappa shape index (κ3) is 6.34. The minimum Gasteiger partial charge on any atom is -0.350 e. The summed E-state index contributed by atoms with van der Waals surface area (Å²) in [5.74, 6) is 0.446. The average Bonchev–Trinajstić information content (AvgIpc) is 2.85. The van der Waals surface area contributed by atoms with Gasteiger partial charge in [-0.05, 0) is 68.0 Å². The number of nitrogens with one attached hydrogen (secondary N) is 1. The number of carbonyl (C=O) groups excluding carboxylic acids is 1. The minimum atomic E-state index is -0.119. The quantitative estimate of drug-likeness (QED) is 0.355. The summed E-state index contributed by atoms with van der Waals surface area (Å²) < 4.78 is 0. The molecule has 0 spiro atoms. The van der Waals surface area contributed by atoms with Gasteiger partial charge in [-0.1, -0.05) is 83.9 Å². The Morgan fingerprint density at radius 1 is 0.941 bits per heavy atom. The maximum absolute atomic E-state index is 12.9. The Balaban J connectivity index is 0.00000324. The van der Waals surface area contributed by atoms with Crippen molar-refractivity contribution < 1.29 is 4.79 Å². The number of hydrogen-bond donors (Lipinski definition) is 1. The third-order valence-corrected chi connectivity index (χ3v) is 7.76. The monoisotopic (exact) mass is 516 g/mol. The first-order valence-corrected chi connectivity index (χ1v) is 12.3. The molecule has 0 radical (unpaired) electrons. The van der Waals surface area contributed by atoms with Crippen LogP contribution < -0.4 is 5.32 Å². The van der Waals surface area contributed by atoms with E-state index in [1.54, 1.807) is 18.2 Å². The molecule has 1 aliphatic rings. The zero-order valence-corrected chi connectivity index (χ0v) is 21.7. The molecule has 1 amide bonds. The molecule has 1 fully saturated rings. The lowest BCUT2D eigenvalue weighted by Crippen LogP contribution is -2.55. The Hall–Kier alpha value is -2.04. The summed E-state index contributed by atoms with van der Waals surface area (Å²) in [6.45, 7) is 1.44. The van der Waals surface area contributed by atoms with Crippen molar-refractivity contribution in [1.82, 2.24) is 10.2 Å². The predicted molar refractivity (Wildman–Crippen MR) is 144 cm³/mol. The molecule has 34 heavy (non-hydrogen) atoms. The van der Waals surface area contributed by atoms with Crippen molar-refractivity contribution >= 4 is 41.5 Å². The van der Waals surface area contributed by atoms with E-state index in [2.05, 4.69) is 71.9 Å². The molecule has 0 bridgehead atoms. The summed E-state index contributed by atoms with van der Waals surface area (Å²) in [7, 11) is 2.18. The molecule has 3 aromatic rings. The fourth-order valence-corrected chi connectivity index (χ4v) is 5.21. The summed E-state index contributed by atoms with van der Waals surface area (Å²) in [4.78, 5) is 15.4. The van der Waals surface area contributed by atoms with Gasteiger partial charge in [0.1, 0.15) is 0 Å². The van der Waals surface area contributed by atoms with Crippen LogP contribution in [0.25, 0.3) is 0 Å². The number of carbonyl (C=O) groups is 1. The van der Waals surface area contributed by atoms with E-state index in [0.717, 1.165) is 32.2 Å². The SMILES string of the molecule is CN(Cc1ccccc1)C1(CNC(=O)c2ccc(Cl)c(Cl)c2)CCC(c2ccccc2)CC1.Cl. The van der Waals surface area contributed by atoms with Gasteiger partial charge in [0.25, 0.3) is 5.91 Å². The first-order valence-electron chi connectivity index (χ1n) is 11.5. The lowest BCUT2D eigenvalue weighted by molar-refractivity contribution is 0.0570. The van der Waals surface area contributed by atoms with E-state index in [4.69, 9.17) is 23.2 Å². The standard InChI is InChI=1S/C28H30Cl2N2O.ClH/c1-32(19-21-8-4-2-5-9-21)28(16-14-23(15-17-28)22-10-6-3-7-11-22)20-31-27(33)24-12-13-25(29)26(30)18-24;/h2-13,18,23H,14-17,19-20H2,1H3,(H,31,33);1H. The molecule has 6 heteroatoms.